The van der Waals surface area contributed by atoms with Gasteiger partial charge in [-0.1, -0.05) is 6.07 Å². The zero-order valence-electron chi connectivity index (χ0n) is 11.3. The van der Waals surface area contributed by atoms with E-state index in [-0.39, 0.29) is 10.9 Å². The number of hydrogen-bond donors (Lipinski definition) is 0. The molecule has 4 nitrogen and oxygen atoms in total. The van der Waals surface area contributed by atoms with Crippen LogP contribution in [0.4, 0.5) is 4.39 Å². The third-order valence-corrected chi connectivity index (χ3v) is 5.58. The lowest BCUT2D eigenvalue weighted by Crippen LogP contribution is -2.31. The summed E-state index contributed by atoms with van der Waals surface area (Å²) in [6, 6.07) is 10.2. The summed E-state index contributed by atoms with van der Waals surface area (Å²) in [6.45, 7) is 0.459. The summed E-state index contributed by atoms with van der Waals surface area (Å²) in [5.41, 5.74) is 0.751. The van der Waals surface area contributed by atoms with Gasteiger partial charge >= 0.3 is 0 Å². The molecule has 0 saturated carbocycles. The Morgan fingerprint density at radius 2 is 1.90 bits per heavy atom. The van der Waals surface area contributed by atoms with Crippen LogP contribution in [0, 0.1) is 5.82 Å². The molecule has 1 aliphatic rings. The number of rotatable bonds is 3. The van der Waals surface area contributed by atoms with E-state index in [0.29, 0.717) is 6.54 Å². The van der Waals surface area contributed by atoms with Crippen molar-refractivity contribution in [3.8, 4) is 0 Å². The maximum Gasteiger partial charge on any atom is 0.243 e. The van der Waals surface area contributed by atoms with Crippen molar-refractivity contribution in [2.24, 2.45) is 0 Å². The number of aromatic nitrogens is 1. The van der Waals surface area contributed by atoms with Gasteiger partial charge in [-0.05, 0) is 49.2 Å². The van der Waals surface area contributed by atoms with Gasteiger partial charge in [0.05, 0.1) is 16.6 Å². The van der Waals surface area contributed by atoms with Crippen LogP contribution in [0.25, 0.3) is 0 Å². The second-order valence-corrected chi connectivity index (χ2v) is 6.87. The van der Waals surface area contributed by atoms with Crippen molar-refractivity contribution in [2.75, 3.05) is 6.54 Å². The van der Waals surface area contributed by atoms with Gasteiger partial charge in [0.1, 0.15) is 5.82 Å². The number of halogens is 1. The fraction of sp³-hybridized carbons (Fsp3) is 0.267. The average Bonchev–Trinajstić information content (AvgIpc) is 2.99. The summed E-state index contributed by atoms with van der Waals surface area (Å²) < 4.78 is 39.8. The van der Waals surface area contributed by atoms with Gasteiger partial charge < -0.3 is 0 Å². The van der Waals surface area contributed by atoms with Crippen LogP contribution in [0.5, 0.6) is 0 Å². The highest BCUT2D eigenvalue weighted by molar-refractivity contribution is 7.89. The first-order valence-electron chi connectivity index (χ1n) is 6.77. The molecule has 110 valence electrons. The van der Waals surface area contributed by atoms with Crippen LogP contribution in [0.2, 0.25) is 0 Å². The number of nitrogens with zero attached hydrogens (tertiary/aromatic N) is 2. The summed E-state index contributed by atoms with van der Waals surface area (Å²) in [5.74, 6) is -0.448. The summed E-state index contributed by atoms with van der Waals surface area (Å²) in [7, 11) is -3.63. The molecule has 0 radical (unpaired) electrons. The standard InChI is InChI=1S/C15H15FN2O2S/c16-12-6-8-13(9-7-12)21(19,20)18-11-3-5-15(18)14-4-1-2-10-17-14/h1-2,4,6-10,15H,3,5,11H2. The van der Waals surface area contributed by atoms with Crippen molar-refractivity contribution < 1.29 is 12.8 Å². The van der Waals surface area contributed by atoms with Crippen molar-refractivity contribution in [1.82, 2.24) is 9.29 Å². The second-order valence-electron chi connectivity index (χ2n) is 4.98. The van der Waals surface area contributed by atoms with E-state index in [9.17, 15) is 12.8 Å². The van der Waals surface area contributed by atoms with Crippen LogP contribution >= 0.6 is 0 Å². The van der Waals surface area contributed by atoms with Crippen LogP contribution in [0.3, 0.4) is 0 Å². The van der Waals surface area contributed by atoms with Crippen LogP contribution in [0.15, 0.2) is 53.6 Å². The van der Waals surface area contributed by atoms with E-state index < -0.39 is 15.8 Å². The lowest BCUT2D eigenvalue weighted by atomic mass is 10.1. The molecule has 1 aromatic carbocycles. The first-order chi connectivity index (χ1) is 10.1. The maximum absolute atomic E-state index is 13.0. The Morgan fingerprint density at radius 3 is 2.57 bits per heavy atom. The van der Waals surface area contributed by atoms with Gasteiger partial charge in [-0.3, -0.25) is 4.98 Å². The van der Waals surface area contributed by atoms with Gasteiger partial charge in [0.2, 0.25) is 10.0 Å². The Labute approximate surface area is 123 Å². The van der Waals surface area contributed by atoms with E-state index in [1.165, 1.54) is 28.6 Å². The van der Waals surface area contributed by atoms with Gasteiger partial charge in [-0.2, -0.15) is 4.31 Å². The van der Waals surface area contributed by atoms with E-state index in [1.54, 1.807) is 12.3 Å². The van der Waals surface area contributed by atoms with Crippen LogP contribution in [-0.2, 0) is 10.0 Å². The summed E-state index contributed by atoms with van der Waals surface area (Å²) in [6.07, 6.45) is 3.20. The zero-order valence-corrected chi connectivity index (χ0v) is 12.1. The monoisotopic (exact) mass is 306 g/mol. The van der Waals surface area contributed by atoms with Crippen molar-refractivity contribution >= 4 is 10.0 Å². The van der Waals surface area contributed by atoms with E-state index in [0.717, 1.165) is 18.5 Å². The molecule has 2 aromatic rings. The van der Waals surface area contributed by atoms with Gasteiger partial charge in [0.25, 0.3) is 0 Å². The van der Waals surface area contributed by atoms with E-state index >= 15 is 0 Å². The van der Waals surface area contributed by atoms with E-state index in [4.69, 9.17) is 0 Å². The summed E-state index contributed by atoms with van der Waals surface area (Å²) in [4.78, 5) is 4.38. The van der Waals surface area contributed by atoms with Crippen LogP contribution < -0.4 is 0 Å². The predicted octanol–water partition coefficient (Wildman–Crippen LogP) is 2.75. The molecule has 21 heavy (non-hydrogen) atoms. The molecule has 1 unspecified atom stereocenters. The molecular weight excluding hydrogens is 291 g/mol. The lowest BCUT2D eigenvalue weighted by molar-refractivity contribution is 0.390. The first-order valence-corrected chi connectivity index (χ1v) is 8.21. The van der Waals surface area contributed by atoms with Gasteiger partial charge in [-0.15, -0.1) is 0 Å². The van der Waals surface area contributed by atoms with Gasteiger partial charge in [0.15, 0.2) is 0 Å². The Morgan fingerprint density at radius 1 is 1.14 bits per heavy atom. The van der Waals surface area contributed by atoms with Crippen molar-refractivity contribution in [3.05, 3.63) is 60.2 Å². The largest absolute Gasteiger partial charge is 0.260 e. The molecule has 1 aromatic heterocycles. The minimum atomic E-state index is -3.63. The van der Waals surface area contributed by atoms with Crippen molar-refractivity contribution in [2.45, 2.75) is 23.8 Å². The van der Waals surface area contributed by atoms with Crippen molar-refractivity contribution in [1.29, 1.82) is 0 Å². The lowest BCUT2D eigenvalue weighted by Gasteiger charge is -2.23. The fourth-order valence-corrected chi connectivity index (χ4v) is 4.31. The molecule has 1 saturated heterocycles. The summed E-state index contributed by atoms with van der Waals surface area (Å²) in [5, 5.41) is 0. The molecule has 6 heteroatoms. The molecule has 0 aliphatic carbocycles. The predicted molar refractivity (Wildman–Crippen MR) is 76.5 cm³/mol. The smallest absolute Gasteiger partial charge is 0.243 e. The minimum absolute atomic E-state index is 0.117. The molecule has 3 rings (SSSR count). The Kier molecular flexibility index (Phi) is 3.73. The molecule has 1 fully saturated rings. The Balaban J connectivity index is 1.96. The van der Waals surface area contributed by atoms with Crippen LogP contribution in [-0.4, -0.2) is 24.3 Å². The number of sulfonamides is 1. The van der Waals surface area contributed by atoms with Crippen LogP contribution in [0.1, 0.15) is 24.6 Å². The van der Waals surface area contributed by atoms with Gasteiger partial charge in [-0.25, -0.2) is 12.8 Å². The fourth-order valence-electron chi connectivity index (χ4n) is 2.64. The quantitative estimate of drug-likeness (QED) is 0.876. The maximum atomic E-state index is 13.0. The normalized spacial score (nSPS) is 19.8. The Hall–Kier alpha value is -1.79. The molecule has 0 N–H and O–H groups in total. The summed E-state index contributed by atoms with van der Waals surface area (Å²) >= 11 is 0. The van der Waals surface area contributed by atoms with E-state index in [2.05, 4.69) is 4.98 Å². The second kappa shape index (κ2) is 5.54. The first kappa shape index (κ1) is 14.2. The molecule has 0 spiro atoms. The SMILES string of the molecule is O=S(=O)(c1ccc(F)cc1)N1CCCC1c1ccccn1. The third kappa shape index (κ3) is 2.69. The topological polar surface area (TPSA) is 50.3 Å². The molecule has 1 atom stereocenters. The molecule has 1 aliphatic heterocycles. The third-order valence-electron chi connectivity index (χ3n) is 3.65. The highest BCUT2D eigenvalue weighted by Gasteiger charge is 2.36. The van der Waals surface area contributed by atoms with Crippen molar-refractivity contribution in [3.63, 3.8) is 0 Å². The highest BCUT2D eigenvalue weighted by atomic mass is 32.2. The van der Waals surface area contributed by atoms with Gasteiger partial charge in [0, 0.05) is 12.7 Å². The zero-order chi connectivity index (χ0) is 14.9. The molecule has 0 bridgehead atoms. The molecular formula is C15H15FN2O2S. The number of benzene rings is 1. The average molecular weight is 306 g/mol. The minimum Gasteiger partial charge on any atom is -0.260 e. The Bertz CT molecular complexity index is 717. The van der Waals surface area contributed by atoms with E-state index in [1.807, 2.05) is 12.1 Å². The molecule has 2 heterocycles. The number of hydrogen-bond acceptors (Lipinski definition) is 3. The molecule has 0 amide bonds. The number of pyridine rings is 1. The highest BCUT2D eigenvalue weighted by Crippen LogP contribution is 2.35.